The van der Waals surface area contributed by atoms with Crippen molar-refractivity contribution in [2.24, 2.45) is 0 Å². The maximum atomic E-state index is 12.4. The first kappa shape index (κ1) is 19.9. The fourth-order valence-electron chi connectivity index (χ4n) is 3.60. The fraction of sp³-hybridized carbons (Fsp3) is 0.333. The third-order valence-electron chi connectivity index (χ3n) is 5.00. The van der Waals surface area contributed by atoms with Crippen molar-refractivity contribution >= 4 is 35.0 Å². The Morgan fingerprint density at radius 2 is 1.79 bits per heavy atom. The normalized spacial score (nSPS) is 14.7. The van der Waals surface area contributed by atoms with Crippen LogP contribution in [0.2, 0.25) is 5.02 Å². The summed E-state index contributed by atoms with van der Waals surface area (Å²) < 4.78 is 2.22. The number of hydrogen-bond donors (Lipinski definition) is 1. The lowest BCUT2D eigenvalue weighted by Gasteiger charge is -2.25. The van der Waals surface area contributed by atoms with Crippen LogP contribution in [-0.4, -0.2) is 31.4 Å². The van der Waals surface area contributed by atoms with Gasteiger partial charge in [0.15, 0.2) is 11.0 Å². The van der Waals surface area contributed by atoms with Gasteiger partial charge in [-0.25, -0.2) is 0 Å². The second-order valence-corrected chi connectivity index (χ2v) is 8.43. The number of rotatable bonds is 6. The number of pyridine rings is 1. The minimum Gasteiger partial charge on any atom is -0.325 e. The van der Waals surface area contributed by atoms with Crippen molar-refractivity contribution in [1.82, 2.24) is 19.7 Å². The number of carbonyl (C=O) groups is 1. The number of thioether (sulfide) groups is 1. The predicted molar refractivity (Wildman–Crippen MR) is 116 cm³/mol. The molecular formula is C21H22ClN5OS. The predicted octanol–water partition coefficient (Wildman–Crippen LogP) is 5.23. The van der Waals surface area contributed by atoms with Gasteiger partial charge < -0.3 is 5.32 Å². The lowest BCUT2D eigenvalue weighted by molar-refractivity contribution is -0.113. The van der Waals surface area contributed by atoms with Crippen molar-refractivity contribution in [3.8, 4) is 11.4 Å². The Bertz CT molecular complexity index is 955. The second-order valence-electron chi connectivity index (χ2n) is 7.05. The summed E-state index contributed by atoms with van der Waals surface area (Å²) in [5.74, 6) is 1.03. The van der Waals surface area contributed by atoms with Crippen molar-refractivity contribution in [2.45, 2.75) is 43.3 Å². The maximum Gasteiger partial charge on any atom is 0.234 e. The lowest BCUT2D eigenvalue weighted by Crippen LogP contribution is -2.17. The van der Waals surface area contributed by atoms with Crippen molar-refractivity contribution in [2.75, 3.05) is 11.1 Å². The number of aromatic nitrogens is 4. The first-order valence-electron chi connectivity index (χ1n) is 9.74. The summed E-state index contributed by atoms with van der Waals surface area (Å²) in [7, 11) is 0. The Morgan fingerprint density at radius 1 is 1.07 bits per heavy atom. The van der Waals surface area contributed by atoms with E-state index in [0.29, 0.717) is 11.1 Å². The van der Waals surface area contributed by atoms with Gasteiger partial charge in [-0.3, -0.25) is 14.3 Å². The van der Waals surface area contributed by atoms with E-state index in [0.717, 1.165) is 35.1 Å². The van der Waals surface area contributed by atoms with Gasteiger partial charge in [0.2, 0.25) is 5.91 Å². The van der Waals surface area contributed by atoms with Gasteiger partial charge in [-0.05, 0) is 49.2 Å². The van der Waals surface area contributed by atoms with E-state index in [1.165, 1.54) is 31.0 Å². The third-order valence-corrected chi connectivity index (χ3v) is 6.20. The Labute approximate surface area is 179 Å². The molecule has 8 heteroatoms. The molecule has 6 nitrogen and oxygen atoms in total. The fourth-order valence-corrected chi connectivity index (χ4v) is 4.53. The molecule has 1 fully saturated rings. The van der Waals surface area contributed by atoms with Crippen molar-refractivity contribution in [3.63, 3.8) is 0 Å². The average molecular weight is 428 g/mol. The molecule has 1 N–H and O–H groups in total. The molecular weight excluding hydrogens is 406 g/mol. The van der Waals surface area contributed by atoms with Crippen molar-refractivity contribution in [3.05, 3.63) is 53.8 Å². The zero-order valence-electron chi connectivity index (χ0n) is 15.9. The topological polar surface area (TPSA) is 72.7 Å². The first-order valence-corrected chi connectivity index (χ1v) is 11.1. The minimum absolute atomic E-state index is 0.0824. The van der Waals surface area contributed by atoms with E-state index in [4.69, 9.17) is 11.6 Å². The summed E-state index contributed by atoms with van der Waals surface area (Å²) in [5, 5.41) is 13.2. The molecule has 0 spiro atoms. The van der Waals surface area contributed by atoms with Crippen LogP contribution in [0, 0.1) is 0 Å². The van der Waals surface area contributed by atoms with Gasteiger partial charge in [-0.2, -0.15) is 0 Å². The molecule has 0 saturated heterocycles. The molecule has 1 aliphatic carbocycles. The Balaban J connectivity index is 1.51. The van der Waals surface area contributed by atoms with Gasteiger partial charge in [0.1, 0.15) is 0 Å². The number of halogens is 1. The molecule has 29 heavy (non-hydrogen) atoms. The highest BCUT2D eigenvalue weighted by molar-refractivity contribution is 7.99. The molecule has 3 aromatic rings. The quantitative estimate of drug-likeness (QED) is 0.545. The van der Waals surface area contributed by atoms with Crippen LogP contribution in [0.25, 0.3) is 11.4 Å². The summed E-state index contributed by atoms with van der Waals surface area (Å²) in [6.07, 6.45) is 9.44. The summed E-state index contributed by atoms with van der Waals surface area (Å²) in [6.45, 7) is 0. The van der Waals surface area contributed by atoms with E-state index in [2.05, 4.69) is 25.1 Å². The van der Waals surface area contributed by atoms with Gasteiger partial charge in [-0.1, -0.05) is 42.6 Å². The van der Waals surface area contributed by atoms with E-state index in [-0.39, 0.29) is 11.7 Å². The van der Waals surface area contributed by atoms with Crippen molar-refractivity contribution in [1.29, 1.82) is 0 Å². The molecule has 0 atom stereocenters. The lowest BCUT2D eigenvalue weighted by atomic mass is 9.95. The number of hydrogen-bond acceptors (Lipinski definition) is 5. The zero-order chi connectivity index (χ0) is 20.1. The molecule has 0 bridgehead atoms. The number of benzene rings is 1. The Morgan fingerprint density at radius 3 is 2.52 bits per heavy atom. The highest BCUT2D eigenvalue weighted by Gasteiger charge is 2.24. The molecule has 1 aliphatic rings. The van der Waals surface area contributed by atoms with E-state index in [9.17, 15) is 4.79 Å². The molecule has 0 radical (unpaired) electrons. The van der Waals surface area contributed by atoms with Crippen LogP contribution in [0.5, 0.6) is 0 Å². The standard InChI is InChI=1S/C21H22ClN5OS/c22-16-6-8-17(9-7-16)24-19(28)14-29-21-26-25-20(15-10-12-23-13-11-15)27(21)18-4-2-1-3-5-18/h6-13,18H,1-5,14H2,(H,24,28). The van der Waals surface area contributed by atoms with E-state index >= 15 is 0 Å². The number of carbonyl (C=O) groups excluding carboxylic acids is 1. The highest BCUT2D eigenvalue weighted by atomic mass is 35.5. The number of anilines is 1. The van der Waals surface area contributed by atoms with Gasteiger partial charge in [0.05, 0.1) is 5.75 Å². The first-order chi connectivity index (χ1) is 14.2. The molecule has 2 aromatic heterocycles. The van der Waals surface area contributed by atoms with E-state index in [1.807, 2.05) is 12.1 Å². The smallest absolute Gasteiger partial charge is 0.234 e. The van der Waals surface area contributed by atoms with E-state index in [1.54, 1.807) is 36.7 Å². The van der Waals surface area contributed by atoms with Crippen LogP contribution in [0.4, 0.5) is 5.69 Å². The molecule has 0 unspecified atom stereocenters. The highest BCUT2D eigenvalue weighted by Crippen LogP contribution is 2.35. The Kier molecular flexibility index (Phi) is 6.46. The van der Waals surface area contributed by atoms with Crippen LogP contribution >= 0.6 is 23.4 Å². The van der Waals surface area contributed by atoms with Gasteiger partial charge in [0, 0.05) is 34.7 Å². The van der Waals surface area contributed by atoms with Crippen LogP contribution in [0.15, 0.2) is 53.9 Å². The molecule has 1 aromatic carbocycles. The van der Waals surface area contributed by atoms with Crippen LogP contribution in [0.1, 0.15) is 38.1 Å². The van der Waals surface area contributed by atoms with Crippen LogP contribution in [-0.2, 0) is 4.79 Å². The largest absolute Gasteiger partial charge is 0.325 e. The molecule has 150 valence electrons. The summed E-state index contributed by atoms with van der Waals surface area (Å²) in [5.41, 5.74) is 1.72. The molecule has 2 heterocycles. The Hall–Kier alpha value is -2.38. The third kappa shape index (κ3) is 4.97. The van der Waals surface area contributed by atoms with Crippen LogP contribution in [0.3, 0.4) is 0 Å². The molecule has 0 aliphatic heterocycles. The SMILES string of the molecule is O=C(CSc1nnc(-c2ccncc2)n1C1CCCCC1)Nc1ccc(Cl)cc1. The number of nitrogens with one attached hydrogen (secondary N) is 1. The zero-order valence-corrected chi connectivity index (χ0v) is 17.5. The minimum atomic E-state index is -0.0824. The molecule has 4 rings (SSSR count). The van der Waals surface area contributed by atoms with Gasteiger partial charge in [0.25, 0.3) is 0 Å². The van der Waals surface area contributed by atoms with E-state index < -0.39 is 0 Å². The summed E-state index contributed by atoms with van der Waals surface area (Å²) in [6, 6.07) is 11.4. The molecule has 1 amide bonds. The second kappa shape index (κ2) is 9.41. The maximum absolute atomic E-state index is 12.4. The van der Waals surface area contributed by atoms with Gasteiger partial charge in [-0.15, -0.1) is 10.2 Å². The molecule has 1 saturated carbocycles. The monoisotopic (exact) mass is 427 g/mol. The van der Waals surface area contributed by atoms with Crippen LogP contribution < -0.4 is 5.32 Å². The van der Waals surface area contributed by atoms with Crippen molar-refractivity contribution < 1.29 is 4.79 Å². The summed E-state index contributed by atoms with van der Waals surface area (Å²) in [4.78, 5) is 16.5. The average Bonchev–Trinajstić information content (AvgIpc) is 3.19. The number of amides is 1. The number of nitrogens with zero attached hydrogens (tertiary/aromatic N) is 4. The van der Waals surface area contributed by atoms with Gasteiger partial charge >= 0.3 is 0 Å². The summed E-state index contributed by atoms with van der Waals surface area (Å²) >= 11 is 7.32.